The zero-order valence-electron chi connectivity index (χ0n) is 15.7. The molecule has 0 unspecified atom stereocenters. The molecular formula is C17H27N3O5S. The van der Waals surface area contributed by atoms with E-state index in [1.807, 2.05) is 20.8 Å². The molecule has 0 saturated carbocycles. The lowest BCUT2D eigenvalue weighted by molar-refractivity contribution is -0.0176. The molecule has 2 heterocycles. The van der Waals surface area contributed by atoms with Gasteiger partial charge in [-0.1, -0.05) is 0 Å². The number of hydrogen-bond donors (Lipinski definition) is 1. The van der Waals surface area contributed by atoms with Gasteiger partial charge in [-0.3, -0.25) is 9.71 Å². The van der Waals surface area contributed by atoms with Crippen LogP contribution in [0.2, 0.25) is 0 Å². The molecule has 0 bridgehead atoms. The minimum Gasteiger partial charge on any atom is -0.444 e. The molecule has 1 aliphatic heterocycles. The molecule has 0 aromatic carbocycles. The zero-order chi connectivity index (χ0) is 19.4. The summed E-state index contributed by atoms with van der Waals surface area (Å²) in [6.45, 7) is 6.86. The number of piperidine rings is 1. The first kappa shape index (κ1) is 20.4. The normalized spacial score (nSPS) is 16.4. The summed E-state index contributed by atoms with van der Waals surface area (Å²) in [6.07, 6.45) is 3.76. The molecule has 9 heteroatoms. The Balaban J connectivity index is 1.85. The lowest BCUT2D eigenvalue weighted by Gasteiger charge is -2.33. The van der Waals surface area contributed by atoms with Crippen molar-refractivity contribution in [3.8, 4) is 0 Å². The minimum atomic E-state index is -3.38. The van der Waals surface area contributed by atoms with Crippen LogP contribution in [-0.2, 0) is 26.1 Å². The highest BCUT2D eigenvalue weighted by molar-refractivity contribution is 7.92. The number of amides is 1. The Labute approximate surface area is 154 Å². The van der Waals surface area contributed by atoms with Gasteiger partial charge >= 0.3 is 6.09 Å². The summed E-state index contributed by atoms with van der Waals surface area (Å²) in [4.78, 5) is 17.9. The van der Waals surface area contributed by atoms with E-state index in [9.17, 15) is 13.2 Å². The molecule has 1 N–H and O–H groups in total. The summed E-state index contributed by atoms with van der Waals surface area (Å²) in [5.41, 5.74) is 0.445. The molecule has 0 radical (unpaired) electrons. The fraction of sp³-hybridized carbons (Fsp3) is 0.647. The Kier molecular flexibility index (Phi) is 6.46. The van der Waals surface area contributed by atoms with Crippen LogP contribution in [0.5, 0.6) is 0 Å². The summed E-state index contributed by atoms with van der Waals surface area (Å²) in [6, 6.07) is 3.31. The second-order valence-corrected chi connectivity index (χ2v) is 9.10. The third kappa shape index (κ3) is 6.80. The van der Waals surface area contributed by atoms with Crippen molar-refractivity contribution in [1.82, 2.24) is 9.88 Å². The van der Waals surface area contributed by atoms with Crippen LogP contribution in [-0.4, -0.2) is 55.4 Å². The monoisotopic (exact) mass is 385 g/mol. The van der Waals surface area contributed by atoms with Gasteiger partial charge in [0.25, 0.3) is 0 Å². The zero-order valence-corrected chi connectivity index (χ0v) is 16.5. The predicted octanol–water partition coefficient (Wildman–Crippen LogP) is 2.37. The maximum atomic E-state index is 12.1. The molecule has 2 rings (SSSR count). The van der Waals surface area contributed by atoms with E-state index < -0.39 is 15.6 Å². The molecule has 1 fully saturated rings. The van der Waals surface area contributed by atoms with E-state index in [1.165, 1.54) is 0 Å². The number of nitrogens with one attached hydrogen (secondary N) is 1. The number of anilines is 1. The van der Waals surface area contributed by atoms with Gasteiger partial charge in [0.2, 0.25) is 10.0 Å². The second kappa shape index (κ2) is 8.22. The molecule has 1 aromatic rings. The van der Waals surface area contributed by atoms with Crippen molar-refractivity contribution in [3.63, 3.8) is 0 Å². The third-order valence-corrected chi connectivity index (χ3v) is 4.33. The quantitative estimate of drug-likeness (QED) is 0.836. The molecule has 0 spiro atoms. The first-order valence-corrected chi connectivity index (χ1v) is 10.4. The van der Waals surface area contributed by atoms with Crippen LogP contribution in [0.1, 0.15) is 39.3 Å². The van der Waals surface area contributed by atoms with Gasteiger partial charge in [0, 0.05) is 19.3 Å². The highest BCUT2D eigenvalue weighted by atomic mass is 32.2. The van der Waals surface area contributed by atoms with Gasteiger partial charge in [-0.05, 0) is 45.7 Å². The van der Waals surface area contributed by atoms with Crippen LogP contribution in [0.4, 0.5) is 10.5 Å². The van der Waals surface area contributed by atoms with Gasteiger partial charge in [0.15, 0.2) is 0 Å². The van der Waals surface area contributed by atoms with Crippen molar-refractivity contribution in [2.45, 2.75) is 51.9 Å². The summed E-state index contributed by atoms with van der Waals surface area (Å²) < 4.78 is 36.6. The van der Waals surface area contributed by atoms with E-state index in [4.69, 9.17) is 9.47 Å². The minimum absolute atomic E-state index is 0.0122. The second-order valence-electron chi connectivity index (χ2n) is 7.35. The Morgan fingerprint density at radius 3 is 2.58 bits per heavy atom. The summed E-state index contributed by atoms with van der Waals surface area (Å²) >= 11 is 0. The van der Waals surface area contributed by atoms with E-state index in [1.54, 1.807) is 23.2 Å². The fourth-order valence-corrected chi connectivity index (χ4v) is 3.16. The summed E-state index contributed by atoms with van der Waals surface area (Å²) in [5, 5.41) is 0. The van der Waals surface area contributed by atoms with Crippen LogP contribution >= 0.6 is 0 Å². The van der Waals surface area contributed by atoms with Crippen molar-refractivity contribution in [1.29, 1.82) is 0 Å². The molecule has 1 amide bonds. The van der Waals surface area contributed by atoms with E-state index in [2.05, 4.69) is 9.71 Å². The van der Waals surface area contributed by atoms with E-state index >= 15 is 0 Å². The lowest BCUT2D eigenvalue weighted by Crippen LogP contribution is -2.43. The van der Waals surface area contributed by atoms with Gasteiger partial charge in [-0.2, -0.15) is 0 Å². The Morgan fingerprint density at radius 1 is 1.35 bits per heavy atom. The maximum absolute atomic E-state index is 12.1. The van der Waals surface area contributed by atoms with Crippen LogP contribution in [0.15, 0.2) is 18.3 Å². The lowest BCUT2D eigenvalue weighted by atomic mass is 10.1. The van der Waals surface area contributed by atoms with Crippen LogP contribution < -0.4 is 4.72 Å². The Bertz CT molecular complexity index is 722. The molecule has 0 aliphatic carbocycles. The molecule has 146 valence electrons. The number of pyridine rings is 1. The first-order chi connectivity index (χ1) is 12.0. The predicted molar refractivity (Wildman–Crippen MR) is 98.3 cm³/mol. The third-order valence-electron chi connectivity index (χ3n) is 3.74. The van der Waals surface area contributed by atoms with Crippen molar-refractivity contribution in [3.05, 3.63) is 24.0 Å². The number of ether oxygens (including phenoxy) is 2. The number of sulfonamides is 1. The van der Waals surface area contributed by atoms with Gasteiger partial charge in [-0.15, -0.1) is 0 Å². The Hall–Kier alpha value is -1.87. The largest absolute Gasteiger partial charge is 0.444 e. The highest BCUT2D eigenvalue weighted by Crippen LogP contribution is 2.20. The number of nitrogens with zero attached hydrogens (tertiary/aromatic N) is 2. The van der Waals surface area contributed by atoms with Crippen molar-refractivity contribution >= 4 is 21.8 Å². The molecule has 0 atom stereocenters. The van der Waals surface area contributed by atoms with Gasteiger partial charge in [0.05, 0.1) is 30.3 Å². The van der Waals surface area contributed by atoms with Crippen LogP contribution in [0.3, 0.4) is 0 Å². The number of hydrogen-bond acceptors (Lipinski definition) is 6. The summed E-state index contributed by atoms with van der Waals surface area (Å²) in [7, 11) is -3.38. The van der Waals surface area contributed by atoms with Gasteiger partial charge in [0.1, 0.15) is 5.60 Å². The standard InChI is InChI=1S/C17H27N3O5S/c1-17(2,3)25-16(21)20-10-7-13(8-11-20)24-12-15-14(6-5-9-18-15)19-26(4,22)23/h5-6,9,13,19H,7-8,10-12H2,1-4H3. The number of carbonyl (C=O) groups excluding carboxylic acids is 1. The number of likely N-dealkylation sites (tertiary alicyclic amines) is 1. The molecule has 1 aliphatic rings. The summed E-state index contributed by atoms with van der Waals surface area (Å²) in [5.74, 6) is 0. The van der Waals surface area contributed by atoms with E-state index in [-0.39, 0.29) is 18.8 Å². The van der Waals surface area contributed by atoms with E-state index in [0.717, 1.165) is 6.26 Å². The molecule has 1 saturated heterocycles. The number of aromatic nitrogens is 1. The highest BCUT2D eigenvalue weighted by Gasteiger charge is 2.27. The number of rotatable bonds is 5. The SMILES string of the molecule is CC(C)(C)OC(=O)N1CCC(OCc2ncccc2NS(C)(=O)=O)CC1. The van der Waals surface area contributed by atoms with Gasteiger partial charge < -0.3 is 14.4 Å². The first-order valence-electron chi connectivity index (χ1n) is 8.55. The molecule has 1 aromatic heterocycles. The van der Waals surface area contributed by atoms with Crippen molar-refractivity contribution < 1.29 is 22.7 Å². The van der Waals surface area contributed by atoms with Gasteiger partial charge in [-0.25, -0.2) is 13.2 Å². The average Bonchev–Trinajstić information content (AvgIpc) is 2.51. The van der Waals surface area contributed by atoms with Crippen molar-refractivity contribution in [2.24, 2.45) is 0 Å². The van der Waals surface area contributed by atoms with E-state index in [0.29, 0.717) is 37.3 Å². The molecule has 8 nitrogen and oxygen atoms in total. The van der Waals surface area contributed by atoms with Crippen molar-refractivity contribution in [2.75, 3.05) is 24.1 Å². The molecule has 26 heavy (non-hydrogen) atoms. The average molecular weight is 385 g/mol. The Morgan fingerprint density at radius 2 is 2.00 bits per heavy atom. The number of carbonyl (C=O) groups is 1. The molecular weight excluding hydrogens is 358 g/mol. The van der Waals surface area contributed by atoms with Crippen LogP contribution in [0, 0.1) is 0 Å². The van der Waals surface area contributed by atoms with Crippen LogP contribution in [0.25, 0.3) is 0 Å². The maximum Gasteiger partial charge on any atom is 0.410 e. The fourth-order valence-electron chi connectivity index (χ4n) is 2.57. The smallest absolute Gasteiger partial charge is 0.410 e. The topological polar surface area (TPSA) is 97.8 Å².